The molecule has 1 saturated carbocycles. The Balaban J connectivity index is 2.80. The van der Waals surface area contributed by atoms with Crippen LogP contribution in [0.25, 0.3) is 0 Å². The summed E-state index contributed by atoms with van der Waals surface area (Å²) in [6.07, 6.45) is -9.35. The molecule has 1 aliphatic rings. The maximum absolute atomic E-state index is 12.4. The van der Waals surface area contributed by atoms with Crippen molar-refractivity contribution in [1.82, 2.24) is 10.6 Å². The van der Waals surface area contributed by atoms with Crippen LogP contribution in [0.5, 0.6) is 0 Å². The standard InChI is InChI=1S/C14H20F6N2O2/c1-11(2)4-8(22-10(24)14(18,19)20)5-12(3,6-11)7-21-9(23)13(15,16)17/h8H,4-7H2,1-3H3,(H,21,23)(H,22,24). The minimum Gasteiger partial charge on any atom is -0.348 e. The van der Waals surface area contributed by atoms with E-state index in [1.54, 1.807) is 26.1 Å². The Morgan fingerprint density at radius 1 is 0.958 bits per heavy atom. The molecular formula is C14H20F6N2O2. The van der Waals surface area contributed by atoms with E-state index in [9.17, 15) is 35.9 Å². The molecule has 24 heavy (non-hydrogen) atoms. The highest BCUT2D eigenvalue weighted by atomic mass is 19.4. The Labute approximate surface area is 135 Å². The lowest BCUT2D eigenvalue weighted by atomic mass is 9.62. The predicted molar refractivity (Wildman–Crippen MR) is 72.8 cm³/mol. The van der Waals surface area contributed by atoms with E-state index in [-0.39, 0.29) is 19.4 Å². The quantitative estimate of drug-likeness (QED) is 0.759. The van der Waals surface area contributed by atoms with E-state index < -0.39 is 41.0 Å². The third-order valence-corrected chi connectivity index (χ3v) is 3.97. The lowest BCUT2D eigenvalue weighted by Gasteiger charge is -2.47. The van der Waals surface area contributed by atoms with Crippen LogP contribution < -0.4 is 10.6 Å². The molecule has 0 radical (unpaired) electrons. The molecular weight excluding hydrogens is 342 g/mol. The molecule has 1 aliphatic carbocycles. The highest BCUT2D eigenvalue weighted by molar-refractivity contribution is 5.82. The molecule has 2 amide bonds. The zero-order valence-electron chi connectivity index (χ0n) is 13.5. The molecule has 2 N–H and O–H groups in total. The monoisotopic (exact) mass is 362 g/mol. The number of amides is 2. The fraction of sp³-hybridized carbons (Fsp3) is 0.857. The van der Waals surface area contributed by atoms with Gasteiger partial charge in [0.25, 0.3) is 0 Å². The molecule has 0 aliphatic heterocycles. The van der Waals surface area contributed by atoms with Crippen molar-refractivity contribution in [2.45, 2.75) is 58.4 Å². The van der Waals surface area contributed by atoms with Crippen LogP contribution in [-0.2, 0) is 9.59 Å². The molecule has 140 valence electrons. The topological polar surface area (TPSA) is 58.2 Å². The molecule has 4 nitrogen and oxygen atoms in total. The van der Waals surface area contributed by atoms with Gasteiger partial charge in [0.05, 0.1) is 0 Å². The maximum atomic E-state index is 12.4. The molecule has 0 bridgehead atoms. The molecule has 0 aromatic rings. The number of carbonyl (C=O) groups excluding carboxylic acids is 2. The van der Waals surface area contributed by atoms with Gasteiger partial charge in [-0.2, -0.15) is 26.3 Å². The van der Waals surface area contributed by atoms with Crippen LogP contribution in [0.15, 0.2) is 0 Å². The van der Waals surface area contributed by atoms with E-state index in [4.69, 9.17) is 0 Å². The fourth-order valence-electron chi connectivity index (χ4n) is 3.53. The number of hydrogen-bond acceptors (Lipinski definition) is 2. The van der Waals surface area contributed by atoms with Gasteiger partial charge >= 0.3 is 24.2 Å². The summed E-state index contributed by atoms with van der Waals surface area (Å²) in [4.78, 5) is 22.0. The second kappa shape index (κ2) is 6.44. The molecule has 0 aromatic carbocycles. The van der Waals surface area contributed by atoms with Gasteiger partial charge in [-0.05, 0) is 30.1 Å². The Hall–Kier alpha value is -1.48. The van der Waals surface area contributed by atoms with Gasteiger partial charge < -0.3 is 10.6 Å². The first-order valence-electron chi connectivity index (χ1n) is 7.27. The number of alkyl halides is 6. The van der Waals surface area contributed by atoms with E-state index in [0.29, 0.717) is 6.42 Å². The first-order valence-corrected chi connectivity index (χ1v) is 7.27. The van der Waals surface area contributed by atoms with Crippen molar-refractivity contribution < 1.29 is 35.9 Å². The fourth-order valence-corrected chi connectivity index (χ4v) is 3.53. The summed E-state index contributed by atoms with van der Waals surface area (Å²) in [5.74, 6) is -4.17. The lowest BCUT2D eigenvalue weighted by Crippen LogP contribution is -2.53. The van der Waals surface area contributed by atoms with Crippen LogP contribution in [0.3, 0.4) is 0 Å². The molecule has 2 atom stereocenters. The first kappa shape index (κ1) is 20.6. The van der Waals surface area contributed by atoms with Crippen molar-refractivity contribution in [2.24, 2.45) is 10.8 Å². The van der Waals surface area contributed by atoms with Crippen molar-refractivity contribution in [3.05, 3.63) is 0 Å². The normalized spacial score (nSPS) is 27.5. The average Bonchev–Trinajstić information content (AvgIpc) is 2.31. The smallest absolute Gasteiger partial charge is 0.348 e. The van der Waals surface area contributed by atoms with Crippen molar-refractivity contribution in [1.29, 1.82) is 0 Å². The Bertz CT molecular complexity index is 500. The molecule has 2 unspecified atom stereocenters. The van der Waals surface area contributed by atoms with Crippen molar-refractivity contribution in [3.8, 4) is 0 Å². The van der Waals surface area contributed by atoms with E-state index >= 15 is 0 Å². The summed E-state index contributed by atoms with van der Waals surface area (Å²) in [5.41, 5.74) is -1.37. The predicted octanol–water partition coefficient (Wildman–Crippen LogP) is 2.93. The minimum atomic E-state index is -5.03. The lowest BCUT2D eigenvalue weighted by molar-refractivity contribution is -0.175. The van der Waals surface area contributed by atoms with Gasteiger partial charge in [-0.1, -0.05) is 20.8 Å². The number of hydrogen-bond donors (Lipinski definition) is 2. The molecule has 0 spiro atoms. The van der Waals surface area contributed by atoms with Crippen molar-refractivity contribution >= 4 is 11.8 Å². The summed E-state index contributed by atoms with van der Waals surface area (Å²) in [6, 6.07) is -0.837. The molecule has 0 aromatic heterocycles. The summed E-state index contributed by atoms with van der Waals surface area (Å²) in [5, 5.41) is 3.66. The molecule has 0 saturated heterocycles. The number of carbonyl (C=O) groups is 2. The number of nitrogens with one attached hydrogen (secondary N) is 2. The third-order valence-electron chi connectivity index (χ3n) is 3.97. The van der Waals surface area contributed by atoms with Crippen LogP contribution in [-0.4, -0.2) is 36.8 Å². The summed E-state index contributed by atoms with van der Waals surface area (Å²) < 4.78 is 73.9. The van der Waals surface area contributed by atoms with E-state index in [1.165, 1.54) is 0 Å². The summed E-state index contributed by atoms with van der Waals surface area (Å²) in [7, 11) is 0. The van der Waals surface area contributed by atoms with Crippen molar-refractivity contribution in [3.63, 3.8) is 0 Å². The Kier molecular flexibility index (Phi) is 5.52. The van der Waals surface area contributed by atoms with Gasteiger partial charge in [0.1, 0.15) is 0 Å². The van der Waals surface area contributed by atoms with Crippen LogP contribution >= 0.6 is 0 Å². The van der Waals surface area contributed by atoms with Gasteiger partial charge in [0.15, 0.2) is 0 Å². The maximum Gasteiger partial charge on any atom is 0.471 e. The Morgan fingerprint density at radius 2 is 1.46 bits per heavy atom. The zero-order valence-corrected chi connectivity index (χ0v) is 13.5. The van der Waals surface area contributed by atoms with Gasteiger partial charge in [0.2, 0.25) is 0 Å². The zero-order chi connectivity index (χ0) is 19.0. The van der Waals surface area contributed by atoms with E-state index in [1.807, 2.05) is 5.32 Å². The number of halogens is 6. The highest BCUT2D eigenvalue weighted by Crippen LogP contribution is 2.46. The second-order valence-corrected chi connectivity index (χ2v) is 7.41. The average molecular weight is 362 g/mol. The van der Waals surface area contributed by atoms with Crippen LogP contribution in [0.2, 0.25) is 0 Å². The Morgan fingerprint density at radius 3 is 1.92 bits per heavy atom. The summed E-state index contributed by atoms with van der Waals surface area (Å²) in [6.45, 7) is 4.75. The van der Waals surface area contributed by atoms with Crippen LogP contribution in [0.4, 0.5) is 26.3 Å². The van der Waals surface area contributed by atoms with Gasteiger partial charge in [0, 0.05) is 12.6 Å². The van der Waals surface area contributed by atoms with Crippen LogP contribution in [0.1, 0.15) is 40.0 Å². The largest absolute Gasteiger partial charge is 0.471 e. The van der Waals surface area contributed by atoms with E-state index in [0.717, 1.165) is 0 Å². The summed E-state index contributed by atoms with van der Waals surface area (Å²) >= 11 is 0. The highest BCUT2D eigenvalue weighted by Gasteiger charge is 2.46. The van der Waals surface area contributed by atoms with Crippen molar-refractivity contribution in [2.75, 3.05) is 6.54 Å². The molecule has 0 heterocycles. The molecule has 1 fully saturated rings. The van der Waals surface area contributed by atoms with Gasteiger partial charge in [-0.15, -0.1) is 0 Å². The molecule has 10 heteroatoms. The second-order valence-electron chi connectivity index (χ2n) is 7.41. The SMILES string of the molecule is CC1(C)CC(NC(=O)C(F)(F)F)CC(C)(CNC(=O)C(F)(F)F)C1. The molecule has 1 rings (SSSR count). The van der Waals surface area contributed by atoms with Gasteiger partial charge in [-0.3, -0.25) is 9.59 Å². The number of rotatable bonds is 3. The van der Waals surface area contributed by atoms with Gasteiger partial charge in [-0.25, -0.2) is 0 Å². The first-order chi connectivity index (χ1) is 10.5. The van der Waals surface area contributed by atoms with E-state index in [2.05, 4.69) is 0 Å². The third kappa shape index (κ3) is 5.86. The minimum absolute atomic E-state index is 0.0381. The van der Waals surface area contributed by atoms with Crippen LogP contribution in [0, 0.1) is 10.8 Å².